The summed E-state index contributed by atoms with van der Waals surface area (Å²) in [5.74, 6) is 0.425. The molecule has 1 aromatic carbocycles. The molecule has 4 nitrogen and oxygen atoms in total. The molecule has 5 heteroatoms. The number of halogens is 1. The normalized spacial score (nSPS) is 10.4. The molecule has 94 valence electrons. The summed E-state index contributed by atoms with van der Waals surface area (Å²) in [6, 6.07) is 6.32. The van der Waals surface area contributed by atoms with Gasteiger partial charge in [0.25, 0.3) is 0 Å². The van der Waals surface area contributed by atoms with Crippen molar-refractivity contribution in [2.24, 2.45) is 0 Å². The van der Waals surface area contributed by atoms with Gasteiger partial charge in [-0.15, -0.1) is 0 Å². The number of hydrogen-bond acceptors (Lipinski definition) is 4. The first-order chi connectivity index (χ1) is 8.69. The molecule has 2 rings (SSSR count). The number of aliphatic hydroxyl groups is 1. The van der Waals surface area contributed by atoms with Gasteiger partial charge in [0.05, 0.1) is 24.7 Å². The fraction of sp³-hybridized carbons (Fsp3) is 0.231. The topological polar surface area (TPSA) is 49.2 Å². The molecule has 1 aromatic heterocycles. The largest absolute Gasteiger partial charge is 0.390 e. The van der Waals surface area contributed by atoms with Crippen molar-refractivity contribution < 1.29 is 9.50 Å². The third kappa shape index (κ3) is 3.01. The van der Waals surface area contributed by atoms with Gasteiger partial charge in [0.2, 0.25) is 0 Å². The maximum Gasteiger partial charge on any atom is 0.147 e. The molecule has 0 amide bonds. The molecule has 0 atom stereocenters. The zero-order chi connectivity index (χ0) is 13.0. The molecule has 0 saturated heterocycles. The average Bonchev–Trinajstić information content (AvgIpc) is 2.41. The van der Waals surface area contributed by atoms with Crippen molar-refractivity contribution in [3.05, 3.63) is 53.7 Å². The van der Waals surface area contributed by atoms with Crippen LogP contribution in [0.25, 0.3) is 0 Å². The quantitative estimate of drug-likeness (QED) is 0.894. The molecule has 18 heavy (non-hydrogen) atoms. The van der Waals surface area contributed by atoms with Crippen LogP contribution < -0.4 is 4.90 Å². The number of aromatic nitrogens is 2. The zero-order valence-electron chi connectivity index (χ0n) is 10.0. The lowest BCUT2D eigenvalue weighted by Gasteiger charge is -2.18. The Kier molecular flexibility index (Phi) is 3.84. The Hall–Kier alpha value is -2.01. The lowest BCUT2D eigenvalue weighted by atomic mass is 10.2. The monoisotopic (exact) mass is 247 g/mol. The van der Waals surface area contributed by atoms with Crippen LogP contribution in [-0.2, 0) is 13.2 Å². The second-order valence-electron chi connectivity index (χ2n) is 4.01. The maximum absolute atomic E-state index is 12.8. The van der Waals surface area contributed by atoms with Gasteiger partial charge in [-0.05, 0) is 17.7 Å². The van der Waals surface area contributed by atoms with Gasteiger partial charge >= 0.3 is 0 Å². The van der Waals surface area contributed by atoms with Crippen LogP contribution in [0.2, 0.25) is 0 Å². The number of benzene rings is 1. The Morgan fingerprint density at radius 2 is 1.94 bits per heavy atom. The standard InChI is InChI=1S/C13H14FN3O/c1-17(8-10-2-4-11(14)5-3-10)13-7-15-6-12(9-18)16-13/h2-7,18H,8-9H2,1H3. The van der Waals surface area contributed by atoms with Crippen molar-refractivity contribution in [3.8, 4) is 0 Å². The molecule has 1 N–H and O–H groups in total. The fourth-order valence-corrected chi connectivity index (χ4v) is 1.60. The molecule has 0 aliphatic rings. The smallest absolute Gasteiger partial charge is 0.147 e. The van der Waals surface area contributed by atoms with Gasteiger partial charge in [0.15, 0.2) is 0 Å². The third-order valence-electron chi connectivity index (χ3n) is 2.56. The van der Waals surface area contributed by atoms with Crippen LogP contribution in [0, 0.1) is 5.82 Å². The number of aliphatic hydroxyl groups excluding tert-OH is 1. The molecule has 0 aliphatic carbocycles. The summed E-state index contributed by atoms with van der Waals surface area (Å²) in [5.41, 5.74) is 1.51. The van der Waals surface area contributed by atoms with E-state index in [4.69, 9.17) is 5.11 Å². The van der Waals surface area contributed by atoms with Crippen molar-refractivity contribution >= 4 is 5.82 Å². The van der Waals surface area contributed by atoms with E-state index in [2.05, 4.69) is 9.97 Å². The summed E-state index contributed by atoms with van der Waals surface area (Å²) < 4.78 is 12.8. The minimum Gasteiger partial charge on any atom is -0.390 e. The Balaban J connectivity index is 2.11. The van der Waals surface area contributed by atoms with E-state index in [0.29, 0.717) is 18.1 Å². The van der Waals surface area contributed by atoms with E-state index in [0.717, 1.165) is 5.56 Å². The molecule has 0 aliphatic heterocycles. The second kappa shape index (κ2) is 5.55. The van der Waals surface area contributed by atoms with Crippen LogP contribution in [0.15, 0.2) is 36.7 Å². The minimum atomic E-state index is -0.247. The number of anilines is 1. The van der Waals surface area contributed by atoms with Gasteiger partial charge in [-0.2, -0.15) is 0 Å². The molecule has 0 saturated carbocycles. The van der Waals surface area contributed by atoms with Gasteiger partial charge in [0, 0.05) is 13.6 Å². The predicted octanol–water partition coefficient (Wildman–Crippen LogP) is 1.74. The van der Waals surface area contributed by atoms with Gasteiger partial charge in [-0.25, -0.2) is 9.37 Å². The van der Waals surface area contributed by atoms with Crippen LogP contribution >= 0.6 is 0 Å². The fourth-order valence-electron chi connectivity index (χ4n) is 1.60. The van der Waals surface area contributed by atoms with Crippen LogP contribution in [0.1, 0.15) is 11.3 Å². The molecule has 0 spiro atoms. The molecule has 1 heterocycles. The SMILES string of the molecule is CN(Cc1ccc(F)cc1)c1cncc(CO)n1. The lowest BCUT2D eigenvalue weighted by Crippen LogP contribution is -2.18. The number of rotatable bonds is 4. The highest BCUT2D eigenvalue weighted by atomic mass is 19.1. The molecular weight excluding hydrogens is 233 g/mol. The predicted molar refractivity (Wildman–Crippen MR) is 66.5 cm³/mol. The highest BCUT2D eigenvalue weighted by Crippen LogP contribution is 2.12. The Bertz CT molecular complexity index is 516. The summed E-state index contributed by atoms with van der Waals surface area (Å²) in [7, 11) is 1.87. The molecule has 0 bridgehead atoms. The lowest BCUT2D eigenvalue weighted by molar-refractivity contribution is 0.276. The van der Waals surface area contributed by atoms with Crippen molar-refractivity contribution in [2.75, 3.05) is 11.9 Å². The van der Waals surface area contributed by atoms with Crippen molar-refractivity contribution in [1.82, 2.24) is 9.97 Å². The van der Waals surface area contributed by atoms with Gasteiger partial charge in [-0.3, -0.25) is 4.98 Å². The first kappa shape index (κ1) is 12.4. The summed E-state index contributed by atoms with van der Waals surface area (Å²) >= 11 is 0. The van der Waals surface area contributed by atoms with Crippen LogP contribution in [-0.4, -0.2) is 22.1 Å². The van der Waals surface area contributed by atoms with E-state index in [9.17, 15) is 4.39 Å². The van der Waals surface area contributed by atoms with Gasteiger partial charge < -0.3 is 10.0 Å². The Labute approximate surface area is 105 Å². The molecular formula is C13H14FN3O. The van der Waals surface area contributed by atoms with E-state index in [-0.39, 0.29) is 12.4 Å². The van der Waals surface area contributed by atoms with E-state index in [1.54, 1.807) is 18.3 Å². The van der Waals surface area contributed by atoms with Crippen molar-refractivity contribution in [3.63, 3.8) is 0 Å². The van der Waals surface area contributed by atoms with Crippen LogP contribution in [0.5, 0.6) is 0 Å². The summed E-state index contributed by atoms with van der Waals surface area (Å²) in [5, 5.41) is 9.00. The zero-order valence-corrected chi connectivity index (χ0v) is 10.0. The maximum atomic E-state index is 12.8. The first-order valence-electron chi connectivity index (χ1n) is 5.56. The summed E-state index contributed by atoms with van der Waals surface area (Å²) in [6.07, 6.45) is 3.15. The molecule has 0 fully saturated rings. The highest BCUT2D eigenvalue weighted by Gasteiger charge is 2.05. The van der Waals surface area contributed by atoms with E-state index < -0.39 is 0 Å². The van der Waals surface area contributed by atoms with Gasteiger partial charge in [0.1, 0.15) is 11.6 Å². The van der Waals surface area contributed by atoms with E-state index in [1.165, 1.54) is 18.3 Å². The molecule has 0 unspecified atom stereocenters. The molecule has 0 radical (unpaired) electrons. The van der Waals surface area contributed by atoms with Crippen molar-refractivity contribution in [2.45, 2.75) is 13.2 Å². The summed E-state index contributed by atoms with van der Waals surface area (Å²) in [6.45, 7) is 0.467. The number of nitrogens with zero attached hydrogens (tertiary/aromatic N) is 3. The minimum absolute atomic E-state index is 0.134. The van der Waals surface area contributed by atoms with E-state index in [1.807, 2.05) is 11.9 Å². The van der Waals surface area contributed by atoms with Gasteiger partial charge in [-0.1, -0.05) is 12.1 Å². The highest BCUT2D eigenvalue weighted by molar-refractivity contribution is 5.36. The average molecular weight is 247 g/mol. The summed E-state index contributed by atoms with van der Waals surface area (Å²) in [4.78, 5) is 10.1. The second-order valence-corrected chi connectivity index (χ2v) is 4.01. The van der Waals surface area contributed by atoms with Crippen LogP contribution in [0.3, 0.4) is 0 Å². The number of hydrogen-bond donors (Lipinski definition) is 1. The van der Waals surface area contributed by atoms with Crippen LogP contribution in [0.4, 0.5) is 10.2 Å². The van der Waals surface area contributed by atoms with E-state index >= 15 is 0 Å². The Morgan fingerprint density at radius 3 is 2.61 bits per heavy atom. The van der Waals surface area contributed by atoms with Crippen molar-refractivity contribution in [1.29, 1.82) is 0 Å². The molecule has 2 aromatic rings. The third-order valence-corrected chi connectivity index (χ3v) is 2.56. The Morgan fingerprint density at radius 1 is 1.22 bits per heavy atom. The first-order valence-corrected chi connectivity index (χ1v) is 5.56.